The van der Waals surface area contributed by atoms with Crippen molar-refractivity contribution in [1.82, 2.24) is 9.97 Å². The summed E-state index contributed by atoms with van der Waals surface area (Å²) in [5.41, 5.74) is 0. The average molecular weight is 274 g/mol. The lowest BCUT2D eigenvalue weighted by atomic mass is 10.2. The lowest BCUT2D eigenvalue weighted by Gasteiger charge is -2.37. The van der Waals surface area contributed by atoms with Crippen LogP contribution in [0, 0.1) is 0 Å². The average Bonchev–Trinajstić information content (AvgIpc) is 2.37. The zero-order valence-corrected chi connectivity index (χ0v) is 11.1. The summed E-state index contributed by atoms with van der Waals surface area (Å²) in [6, 6.07) is 0. The van der Waals surface area contributed by atoms with Gasteiger partial charge in [0.05, 0.1) is 25.9 Å². The molecule has 18 heavy (non-hydrogen) atoms. The predicted octanol–water partition coefficient (Wildman–Crippen LogP) is 0.725. The Kier molecular flexibility index (Phi) is 4.21. The third kappa shape index (κ3) is 2.66. The van der Waals surface area contributed by atoms with Gasteiger partial charge in [-0.25, -0.2) is 9.97 Å². The van der Waals surface area contributed by atoms with E-state index in [1.165, 1.54) is 13.4 Å². The Balaban J connectivity index is 2.27. The van der Waals surface area contributed by atoms with E-state index in [2.05, 4.69) is 9.97 Å². The van der Waals surface area contributed by atoms with Crippen LogP contribution in [0.1, 0.15) is 6.92 Å². The van der Waals surface area contributed by atoms with Crippen LogP contribution in [0.3, 0.4) is 0 Å². The highest BCUT2D eigenvalue weighted by molar-refractivity contribution is 6.31. The van der Waals surface area contributed by atoms with Gasteiger partial charge in [0, 0.05) is 13.1 Å². The van der Waals surface area contributed by atoms with Gasteiger partial charge in [-0.3, -0.25) is 0 Å². The molecule has 0 amide bonds. The van der Waals surface area contributed by atoms with Crippen molar-refractivity contribution >= 4 is 17.4 Å². The van der Waals surface area contributed by atoms with Gasteiger partial charge < -0.3 is 19.5 Å². The molecule has 6 nitrogen and oxygen atoms in total. The Hall–Kier alpha value is -1.11. The molecule has 0 bridgehead atoms. The summed E-state index contributed by atoms with van der Waals surface area (Å²) in [5, 5.41) is 9.49. The van der Waals surface area contributed by atoms with Crippen LogP contribution in [0.2, 0.25) is 5.15 Å². The second kappa shape index (κ2) is 5.69. The van der Waals surface area contributed by atoms with Crippen LogP contribution in [0.15, 0.2) is 6.33 Å². The fourth-order valence-electron chi connectivity index (χ4n) is 2.06. The van der Waals surface area contributed by atoms with E-state index in [9.17, 15) is 5.11 Å². The summed E-state index contributed by atoms with van der Waals surface area (Å²) in [4.78, 5) is 10.1. The van der Waals surface area contributed by atoms with E-state index in [0.717, 1.165) is 0 Å². The zero-order chi connectivity index (χ0) is 13.1. The molecule has 100 valence electrons. The molecule has 2 rings (SSSR count). The Morgan fingerprint density at radius 2 is 2.33 bits per heavy atom. The van der Waals surface area contributed by atoms with Crippen molar-refractivity contribution in [3.8, 4) is 5.75 Å². The van der Waals surface area contributed by atoms with Crippen molar-refractivity contribution in [1.29, 1.82) is 0 Å². The summed E-state index contributed by atoms with van der Waals surface area (Å²) in [5.74, 6) is 1.08. The highest BCUT2D eigenvalue weighted by atomic mass is 35.5. The molecule has 1 N–H and O–H groups in total. The number of methoxy groups -OCH3 is 1. The first-order chi connectivity index (χ1) is 8.65. The molecule has 2 atom stereocenters. The van der Waals surface area contributed by atoms with Crippen molar-refractivity contribution in [3.05, 3.63) is 11.5 Å². The molecule has 0 radical (unpaired) electrons. The van der Waals surface area contributed by atoms with E-state index in [1.54, 1.807) is 0 Å². The number of aliphatic hydroxyl groups is 1. The molecule has 2 unspecified atom stereocenters. The lowest BCUT2D eigenvalue weighted by molar-refractivity contribution is -0.0423. The van der Waals surface area contributed by atoms with E-state index in [-0.39, 0.29) is 24.0 Å². The van der Waals surface area contributed by atoms with Crippen molar-refractivity contribution in [3.63, 3.8) is 0 Å². The molecule has 1 saturated heterocycles. The predicted molar refractivity (Wildman–Crippen MR) is 67.2 cm³/mol. The Bertz CT molecular complexity index is 419. The number of anilines is 1. The Morgan fingerprint density at radius 3 is 3.00 bits per heavy atom. The van der Waals surface area contributed by atoms with E-state index in [4.69, 9.17) is 21.1 Å². The third-order valence-electron chi connectivity index (χ3n) is 2.78. The van der Waals surface area contributed by atoms with Crippen LogP contribution in [0.5, 0.6) is 5.75 Å². The maximum absolute atomic E-state index is 9.21. The van der Waals surface area contributed by atoms with Crippen LogP contribution >= 0.6 is 11.6 Å². The van der Waals surface area contributed by atoms with Gasteiger partial charge in [0.2, 0.25) is 0 Å². The van der Waals surface area contributed by atoms with Gasteiger partial charge in [-0.05, 0) is 6.92 Å². The molecule has 0 spiro atoms. The quantitative estimate of drug-likeness (QED) is 0.819. The number of aromatic nitrogens is 2. The molecular formula is C11H16ClN3O3. The topological polar surface area (TPSA) is 67.7 Å². The standard InChI is InChI=1S/C11H16ClN3O3/c1-7-3-15(4-8(5-16)18-7)11-9(17-2)10(12)13-6-14-11/h6-8,16H,3-5H2,1-2H3. The lowest BCUT2D eigenvalue weighted by Crippen LogP contribution is -2.48. The number of aliphatic hydroxyl groups excluding tert-OH is 1. The fraction of sp³-hybridized carbons (Fsp3) is 0.636. The molecule has 7 heteroatoms. The van der Waals surface area contributed by atoms with E-state index < -0.39 is 0 Å². The fourth-order valence-corrected chi connectivity index (χ4v) is 2.27. The van der Waals surface area contributed by atoms with Crippen molar-refractivity contribution in [2.24, 2.45) is 0 Å². The molecular weight excluding hydrogens is 258 g/mol. The maximum Gasteiger partial charge on any atom is 0.199 e. The smallest absolute Gasteiger partial charge is 0.199 e. The minimum Gasteiger partial charge on any atom is -0.490 e. The molecule has 1 aromatic heterocycles. The van der Waals surface area contributed by atoms with Crippen molar-refractivity contribution < 1.29 is 14.6 Å². The van der Waals surface area contributed by atoms with Crippen LogP contribution < -0.4 is 9.64 Å². The van der Waals surface area contributed by atoms with Crippen LogP contribution in [0.4, 0.5) is 5.82 Å². The largest absolute Gasteiger partial charge is 0.490 e. The summed E-state index contributed by atoms with van der Waals surface area (Å²) < 4.78 is 10.8. The normalized spacial score (nSPS) is 24.1. The van der Waals surface area contributed by atoms with Gasteiger partial charge in [-0.15, -0.1) is 0 Å². The number of ether oxygens (including phenoxy) is 2. The summed E-state index contributed by atoms with van der Waals surface area (Å²) in [6.07, 6.45) is 1.18. The van der Waals surface area contributed by atoms with E-state index in [1.807, 2.05) is 11.8 Å². The molecule has 0 saturated carbocycles. The second-order valence-corrected chi connectivity index (χ2v) is 4.54. The Morgan fingerprint density at radius 1 is 1.56 bits per heavy atom. The van der Waals surface area contributed by atoms with E-state index >= 15 is 0 Å². The monoisotopic (exact) mass is 273 g/mol. The van der Waals surface area contributed by atoms with Crippen LogP contribution in [-0.4, -0.2) is 54.1 Å². The molecule has 0 aliphatic carbocycles. The number of rotatable bonds is 3. The number of halogens is 1. The molecule has 2 heterocycles. The first-order valence-corrected chi connectivity index (χ1v) is 6.09. The van der Waals surface area contributed by atoms with Gasteiger partial charge >= 0.3 is 0 Å². The van der Waals surface area contributed by atoms with Crippen LogP contribution in [0.25, 0.3) is 0 Å². The van der Waals surface area contributed by atoms with Gasteiger partial charge in [0.15, 0.2) is 16.7 Å². The SMILES string of the molecule is COc1c(Cl)ncnc1N1CC(C)OC(CO)C1. The molecule has 1 aliphatic rings. The number of hydrogen-bond donors (Lipinski definition) is 1. The summed E-state index contributed by atoms with van der Waals surface area (Å²) >= 11 is 5.97. The van der Waals surface area contributed by atoms with Gasteiger partial charge in [0.25, 0.3) is 0 Å². The zero-order valence-electron chi connectivity index (χ0n) is 10.3. The molecule has 0 aromatic carbocycles. The molecule has 1 fully saturated rings. The van der Waals surface area contributed by atoms with Crippen LogP contribution in [-0.2, 0) is 4.74 Å². The highest BCUT2D eigenvalue weighted by Crippen LogP contribution is 2.32. The van der Waals surface area contributed by atoms with Gasteiger partial charge in [-0.1, -0.05) is 11.6 Å². The second-order valence-electron chi connectivity index (χ2n) is 4.18. The summed E-state index contributed by atoms with van der Waals surface area (Å²) in [7, 11) is 1.53. The first-order valence-electron chi connectivity index (χ1n) is 5.71. The highest BCUT2D eigenvalue weighted by Gasteiger charge is 2.28. The van der Waals surface area contributed by atoms with Crippen molar-refractivity contribution in [2.75, 3.05) is 31.7 Å². The maximum atomic E-state index is 9.21. The van der Waals surface area contributed by atoms with Crippen molar-refractivity contribution in [2.45, 2.75) is 19.1 Å². The number of morpholine rings is 1. The minimum atomic E-state index is -0.229. The van der Waals surface area contributed by atoms with E-state index in [0.29, 0.717) is 24.7 Å². The van der Waals surface area contributed by atoms with Gasteiger partial charge in [0.1, 0.15) is 6.33 Å². The Labute approximate surface area is 111 Å². The van der Waals surface area contributed by atoms with Gasteiger partial charge in [-0.2, -0.15) is 0 Å². The molecule has 1 aromatic rings. The first kappa shape index (κ1) is 13.3. The number of nitrogens with zero attached hydrogens (tertiary/aromatic N) is 3. The minimum absolute atomic E-state index is 0.00865. The number of hydrogen-bond acceptors (Lipinski definition) is 6. The molecule has 1 aliphatic heterocycles. The third-order valence-corrected chi connectivity index (χ3v) is 3.04. The summed E-state index contributed by atoms with van der Waals surface area (Å²) in [6.45, 7) is 3.14.